The third-order valence-electron chi connectivity index (χ3n) is 3.53. The molecule has 2 unspecified atom stereocenters. The molecule has 0 spiro atoms. The Morgan fingerprint density at radius 2 is 2.00 bits per heavy atom. The van der Waals surface area contributed by atoms with Crippen molar-refractivity contribution in [3.63, 3.8) is 0 Å². The van der Waals surface area contributed by atoms with Crippen molar-refractivity contribution in [2.75, 3.05) is 25.0 Å². The maximum atomic E-state index is 12.2. The highest BCUT2D eigenvalue weighted by molar-refractivity contribution is 5.77. The van der Waals surface area contributed by atoms with E-state index in [1.54, 1.807) is 23.1 Å². The lowest BCUT2D eigenvalue weighted by atomic mass is 10.2. The summed E-state index contributed by atoms with van der Waals surface area (Å²) in [5.74, 6) is 0.0353. The van der Waals surface area contributed by atoms with Crippen molar-refractivity contribution in [1.82, 2.24) is 4.90 Å². The van der Waals surface area contributed by atoms with Gasteiger partial charge < -0.3 is 15.0 Å². The van der Waals surface area contributed by atoms with E-state index in [-0.39, 0.29) is 23.8 Å². The maximum absolute atomic E-state index is 12.2. The van der Waals surface area contributed by atoms with Gasteiger partial charge in [-0.15, -0.1) is 0 Å². The molecule has 22 heavy (non-hydrogen) atoms. The molecule has 1 fully saturated rings. The standard InChI is InChI=1S/C15H21N3O4/c1-11-9-17(10-12(2)22-11)15(19)7-8-16-13-5-3-4-6-14(13)18(20)21/h3-6,11-12,16H,7-10H2,1-2H3. The largest absolute Gasteiger partial charge is 0.379 e. The number of para-hydroxylation sites is 2. The van der Waals surface area contributed by atoms with Crippen LogP contribution in [0.1, 0.15) is 20.3 Å². The molecule has 0 aromatic heterocycles. The Bertz CT molecular complexity index is 539. The average Bonchev–Trinajstić information content (AvgIpc) is 2.46. The summed E-state index contributed by atoms with van der Waals surface area (Å²) in [6.45, 7) is 5.44. The Labute approximate surface area is 129 Å². The first-order valence-electron chi connectivity index (χ1n) is 7.38. The van der Waals surface area contributed by atoms with Gasteiger partial charge in [-0.05, 0) is 19.9 Å². The van der Waals surface area contributed by atoms with Crippen molar-refractivity contribution in [1.29, 1.82) is 0 Å². The SMILES string of the molecule is CC1CN(C(=O)CCNc2ccccc2[N+](=O)[O-])CC(C)O1. The predicted molar refractivity (Wildman–Crippen MR) is 82.8 cm³/mol. The number of carbonyl (C=O) groups excluding carboxylic acids is 1. The van der Waals surface area contributed by atoms with E-state index in [1.165, 1.54) is 6.07 Å². The summed E-state index contributed by atoms with van der Waals surface area (Å²) in [7, 11) is 0. The highest BCUT2D eigenvalue weighted by atomic mass is 16.6. The van der Waals surface area contributed by atoms with Crippen LogP contribution in [0.5, 0.6) is 0 Å². The fraction of sp³-hybridized carbons (Fsp3) is 0.533. The lowest BCUT2D eigenvalue weighted by Gasteiger charge is -2.35. The number of anilines is 1. The molecule has 1 amide bonds. The maximum Gasteiger partial charge on any atom is 0.292 e. The lowest BCUT2D eigenvalue weighted by Crippen LogP contribution is -2.48. The number of nitro benzene ring substituents is 1. The molecule has 1 aliphatic heterocycles. The van der Waals surface area contributed by atoms with E-state index in [4.69, 9.17) is 4.74 Å². The van der Waals surface area contributed by atoms with Gasteiger partial charge in [-0.3, -0.25) is 14.9 Å². The van der Waals surface area contributed by atoms with Gasteiger partial charge in [0.2, 0.25) is 5.91 Å². The molecule has 7 nitrogen and oxygen atoms in total. The third-order valence-corrected chi connectivity index (χ3v) is 3.53. The zero-order valence-electron chi connectivity index (χ0n) is 12.8. The third kappa shape index (κ3) is 4.17. The number of amides is 1. The quantitative estimate of drug-likeness (QED) is 0.664. The van der Waals surface area contributed by atoms with Crippen LogP contribution in [-0.4, -0.2) is 47.6 Å². The summed E-state index contributed by atoms with van der Waals surface area (Å²) >= 11 is 0. The van der Waals surface area contributed by atoms with Gasteiger partial charge in [0, 0.05) is 32.1 Å². The van der Waals surface area contributed by atoms with Crippen LogP contribution in [0.15, 0.2) is 24.3 Å². The minimum atomic E-state index is -0.435. The zero-order chi connectivity index (χ0) is 16.1. The van der Waals surface area contributed by atoms with E-state index in [9.17, 15) is 14.9 Å². The summed E-state index contributed by atoms with van der Waals surface area (Å²) < 4.78 is 5.60. The summed E-state index contributed by atoms with van der Waals surface area (Å²) in [5, 5.41) is 13.9. The molecule has 1 aromatic rings. The molecule has 2 rings (SSSR count). The van der Waals surface area contributed by atoms with E-state index in [1.807, 2.05) is 13.8 Å². The number of rotatable bonds is 5. The van der Waals surface area contributed by atoms with Crippen molar-refractivity contribution >= 4 is 17.3 Å². The van der Waals surface area contributed by atoms with Crippen LogP contribution in [0.4, 0.5) is 11.4 Å². The molecule has 1 heterocycles. The van der Waals surface area contributed by atoms with Crippen LogP contribution in [0, 0.1) is 10.1 Å². The summed E-state index contributed by atoms with van der Waals surface area (Å²) in [6.07, 6.45) is 0.373. The molecule has 7 heteroatoms. The number of hydrogen-bond acceptors (Lipinski definition) is 5. The van der Waals surface area contributed by atoms with Crippen molar-refractivity contribution in [2.24, 2.45) is 0 Å². The number of ether oxygens (including phenoxy) is 1. The van der Waals surface area contributed by atoms with Gasteiger partial charge in [-0.25, -0.2) is 0 Å². The predicted octanol–water partition coefficient (Wildman–Crippen LogP) is 2.03. The molecule has 120 valence electrons. The van der Waals surface area contributed by atoms with Crippen LogP contribution in [0.3, 0.4) is 0 Å². The van der Waals surface area contributed by atoms with Crippen molar-refractivity contribution < 1.29 is 14.5 Å². The highest BCUT2D eigenvalue weighted by Gasteiger charge is 2.25. The number of nitrogens with one attached hydrogen (secondary N) is 1. The van der Waals surface area contributed by atoms with E-state index >= 15 is 0 Å². The molecule has 1 saturated heterocycles. The monoisotopic (exact) mass is 307 g/mol. The number of morpholine rings is 1. The molecule has 1 N–H and O–H groups in total. The molecule has 1 aromatic carbocycles. The Balaban J connectivity index is 1.86. The second-order valence-corrected chi connectivity index (χ2v) is 5.51. The number of nitro groups is 1. The molecule has 0 saturated carbocycles. The molecular weight excluding hydrogens is 286 g/mol. The Hall–Kier alpha value is -2.15. The molecule has 0 aliphatic carbocycles. The fourth-order valence-electron chi connectivity index (χ4n) is 2.63. The molecule has 0 bridgehead atoms. The van der Waals surface area contributed by atoms with Crippen LogP contribution in [0.25, 0.3) is 0 Å². The Morgan fingerprint density at radius 3 is 2.64 bits per heavy atom. The first kappa shape index (κ1) is 16.2. The highest BCUT2D eigenvalue weighted by Crippen LogP contribution is 2.23. The van der Waals surface area contributed by atoms with E-state index in [0.717, 1.165) is 0 Å². The Kier molecular flexibility index (Phi) is 5.32. The molecule has 2 atom stereocenters. The fourth-order valence-corrected chi connectivity index (χ4v) is 2.63. The Morgan fingerprint density at radius 1 is 1.36 bits per heavy atom. The first-order chi connectivity index (χ1) is 10.5. The number of nitrogens with zero attached hydrogens (tertiary/aromatic N) is 2. The van der Waals surface area contributed by atoms with E-state index in [2.05, 4.69) is 5.32 Å². The molecular formula is C15H21N3O4. The number of carbonyl (C=O) groups is 1. The zero-order valence-corrected chi connectivity index (χ0v) is 12.8. The minimum Gasteiger partial charge on any atom is -0.379 e. The average molecular weight is 307 g/mol. The summed E-state index contributed by atoms with van der Waals surface area (Å²) in [6, 6.07) is 6.42. The smallest absolute Gasteiger partial charge is 0.292 e. The normalized spacial score (nSPS) is 21.5. The van der Waals surface area contributed by atoms with E-state index in [0.29, 0.717) is 31.7 Å². The van der Waals surface area contributed by atoms with Gasteiger partial charge in [0.05, 0.1) is 17.1 Å². The second kappa shape index (κ2) is 7.22. The minimum absolute atomic E-state index is 0.0172. The first-order valence-corrected chi connectivity index (χ1v) is 7.38. The molecule has 1 aliphatic rings. The van der Waals surface area contributed by atoms with Gasteiger partial charge in [0.25, 0.3) is 5.69 Å². The van der Waals surface area contributed by atoms with Gasteiger partial charge >= 0.3 is 0 Å². The lowest BCUT2D eigenvalue weighted by molar-refractivity contribution is -0.384. The van der Waals surface area contributed by atoms with E-state index < -0.39 is 4.92 Å². The van der Waals surface area contributed by atoms with Crippen LogP contribution >= 0.6 is 0 Å². The summed E-state index contributed by atoms with van der Waals surface area (Å²) in [5.41, 5.74) is 0.451. The van der Waals surface area contributed by atoms with Crippen molar-refractivity contribution in [2.45, 2.75) is 32.5 Å². The number of hydrogen-bond donors (Lipinski definition) is 1. The van der Waals surface area contributed by atoms with Crippen LogP contribution in [-0.2, 0) is 9.53 Å². The van der Waals surface area contributed by atoms with Gasteiger partial charge in [0.1, 0.15) is 5.69 Å². The van der Waals surface area contributed by atoms with Gasteiger partial charge in [-0.2, -0.15) is 0 Å². The van der Waals surface area contributed by atoms with Gasteiger partial charge in [0.15, 0.2) is 0 Å². The van der Waals surface area contributed by atoms with Crippen LogP contribution in [0.2, 0.25) is 0 Å². The number of benzene rings is 1. The van der Waals surface area contributed by atoms with Crippen LogP contribution < -0.4 is 5.32 Å². The van der Waals surface area contributed by atoms with Crippen molar-refractivity contribution in [3.8, 4) is 0 Å². The van der Waals surface area contributed by atoms with Gasteiger partial charge in [-0.1, -0.05) is 12.1 Å². The summed E-state index contributed by atoms with van der Waals surface area (Å²) in [4.78, 5) is 24.5. The van der Waals surface area contributed by atoms with Crippen molar-refractivity contribution in [3.05, 3.63) is 34.4 Å². The molecule has 0 radical (unpaired) electrons. The second-order valence-electron chi connectivity index (χ2n) is 5.51. The topological polar surface area (TPSA) is 84.7 Å².